The summed E-state index contributed by atoms with van der Waals surface area (Å²) in [4.78, 5) is 11.8. The first-order valence-corrected chi connectivity index (χ1v) is 6.55. The van der Waals surface area contributed by atoms with Crippen LogP contribution in [0.1, 0.15) is 23.1 Å². The molecule has 0 unspecified atom stereocenters. The lowest BCUT2D eigenvalue weighted by Gasteiger charge is -2.07. The summed E-state index contributed by atoms with van der Waals surface area (Å²) in [5, 5.41) is 6.45. The summed E-state index contributed by atoms with van der Waals surface area (Å²) < 4.78 is 37.0. The summed E-state index contributed by atoms with van der Waals surface area (Å²) in [6, 6.07) is 0. The molecule has 1 aromatic rings. The second kappa shape index (κ2) is 6.18. The maximum absolute atomic E-state index is 11.9. The summed E-state index contributed by atoms with van der Waals surface area (Å²) in [6.07, 6.45) is 0.580. The van der Waals surface area contributed by atoms with E-state index in [0.29, 0.717) is 12.1 Å². The molecule has 0 bridgehead atoms. The van der Waals surface area contributed by atoms with Crippen molar-refractivity contribution in [2.24, 2.45) is 7.05 Å². The van der Waals surface area contributed by atoms with E-state index in [9.17, 15) is 18.0 Å². The van der Waals surface area contributed by atoms with Gasteiger partial charge in [0.15, 0.2) is 0 Å². The van der Waals surface area contributed by atoms with Gasteiger partial charge in [0.1, 0.15) is 5.69 Å². The number of carbonyl (C=O) groups excluding carboxylic acids is 1. The van der Waals surface area contributed by atoms with Crippen LogP contribution in [-0.4, -0.2) is 33.5 Å². The standard InChI is InChI=1S/C10H15F3N4OS/c1-3-6-7(14)8(17(2)16-6)9(18)15-4-5-19-10(11,12)13/h3-5,14H2,1-2H3,(H,15,18). The van der Waals surface area contributed by atoms with Gasteiger partial charge in [-0.15, -0.1) is 0 Å². The summed E-state index contributed by atoms with van der Waals surface area (Å²) in [6.45, 7) is 1.76. The van der Waals surface area contributed by atoms with Crippen LogP contribution in [-0.2, 0) is 13.5 Å². The van der Waals surface area contributed by atoms with Crippen LogP contribution in [0.25, 0.3) is 0 Å². The smallest absolute Gasteiger partial charge is 0.395 e. The summed E-state index contributed by atoms with van der Waals surface area (Å²) >= 11 is -0.180. The Morgan fingerprint density at radius 1 is 1.53 bits per heavy atom. The average molecular weight is 296 g/mol. The fraction of sp³-hybridized carbons (Fsp3) is 0.600. The monoisotopic (exact) mass is 296 g/mol. The first-order valence-electron chi connectivity index (χ1n) is 5.56. The number of hydrogen-bond donors (Lipinski definition) is 2. The molecule has 5 nitrogen and oxygen atoms in total. The van der Waals surface area contributed by atoms with E-state index in [1.54, 1.807) is 7.05 Å². The molecule has 0 aliphatic heterocycles. The van der Waals surface area contributed by atoms with Crippen LogP contribution in [0.15, 0.2) is 0 Å². The van der Waals surface area contributed by atoms with Crippen molar-refractivity contribution in [1.29, 1.82) is 0 Å². The molecular weight excluding hydrogens is 281 g/mol. The number of nitrogens with two attached hydrogens (primary N) is 1. The van der Waals surface area contributed by atoms with Gasteiger partial charge >= 0.3 is 5.51 Å². The number of rotatable bonds is 5. The third-order valence-electron chi connectivity index (χ3n) is 2.36. The lowest BCUT2D eigenvalue weighted by molar-refractivity contribution is -0.0327. The summed E-state index contributed by atoms with van der Waals surface area (Å²) in [5.74, 6) is -0.761. The number of aromatic nitrogens is 2. The zero-order valence-corrected chi connectivity index (χ0v) is 11.4. The molecule has 0 atom stereocenters. The Bertz CT molecular complexity index is 458. The van der Waals surface area contributed by atoms with E-state index in [0.717, 1.165) is 0 Å². The first-order chi connectivity index (χ1) is 8.76. The van der Waals surface area contributed by atoms with Gasteiger partial charge in [0.05, 0.1) is 11.4 Å². The maximum Gasteiger partial charge on any atom is 0.441 e. The van der Waals surface area contributed by atoms with Crippen LogP contribution in [0, 0.1) is 0 Å². The molecule has 0 spiro atoms. The van der Waals surface area contributed by atoms with E-state index in [4.69, 9.17) is 5.73 Å². The second-order valence-electron chi connectivity index (χ2n) is 3.74. The highest BCUT2D eigenvalue weighted by Crippen LogP contribution is 2.29. The number of thioether (sulfide) groups is 1. The molecule has 0 aliphatic carbocycles. The zero-order valence-electron chi connectivity index (χ0n) is 10.5. The van der Waals surface area contributed by atoms with Crippen molar-refractivity contribution >= 4 is 23.4 Å². The van der Waals surface area contributed by atoms with Gasteiger partial charge in [-0.1, -0.05) is 6.92 Å². The van der Waals surface area contributed by atoms with Crippen molar-refractivity contribution in [3.63, 3.8) is 0 Å². The first kappa shape index (κ1) is 15.7. The van der Waals surface area contributed by atoms with Gasteiger partial charge in [-0.2, -0.15) is 18.3 Å². The normalized spacial score (nSPS) is 11.6. The summed E-state index contributed by atoms with van der Waals surface area (Å²) in [5.41, 5.74) is 2.51. The Kier molecular flexibility index (Phi) is 5.10. The van der Waals surface area contributed by atoms with Gasteiger partial charge in [0.25, 0.3) is 5.91 Å². The molecule has 0 aliphatic rings. The van der Waals surface area contributed by atoms with Crippen LogP contribution < -0.4 is 11.1 Å². The number of nitrogen functional groups attached to an aromatic ring is 1. The van der Waals surface area contributed by atoms with E-state index in [1.807, 2.05) is 6.92 Å². The highest BCUT2D eigenvalue weighted by molar-refractivity contribution is 8.00. The summed E-state index contributed by atoms with van der Waals surface area (Å²) in [7, 11) is 1.56. The highest BCUT2D eigenvalue weighted by Gasteiger charge is 2.27. The number of nitrogens with one attached hydrogen (secondary N) is 1. The minimum Gasteiger partial charge on any atom is -0.395 e. The van der Waals surface area contributed by atoms with Gasteiger partial charge in [-0.05, 0) is 18.2 Å². The molecule has 3 N–H and O–H groups in total. The van der Waals surface area contributed by atoms with Crippen LogP contribution in [0.3, 0.4) is 0 Å². The predicted octanol–water partition coefficient (Wildman–Crippen LogP) is 1.55. The fourth-order valence-electron chi connectivity index (χ4n) is 1.54. The van der Waals surface area contributed by atoms with Gasteiger partial charge < -0.3 is 11.1 Å². The molecule has 0 saturated carbocycles. The molecule has 0 saturated heterocycles. The Hall–Kier alpha value is -1.38. The topological polar surface area (TPSA) is 72.9 Å². The predicted molar refractivity (Wildman–Crippen MR) is 67.8 cm³/mol. The number of hydrogen-bond acceptors (Lipinski definition) is 4. The van der Waals surface area contributed by atoms with Gasteiger partial charge in [-0.3, -0.25) is 9.48 Å². The van der Waals surface area contributed by atoms with Crippen LogP contribution in [0.4, 0.5) is 18.9 Å². The molecule has 0 aromatic carbocycles. The number of alkyl halides is 3. The highest BCUT2D eigenvalue weighted by atomic mass is 32.2. The Balaban J connectivity index is 2.57. The molecular formula is C10H15F3N4OS. The van der Waals surface area contributed by atoms with Crippen molar-refractivity contribution in [3.8, 4) is 0 Å². The lowest BCUT2D eigenvalue weighted by atomic mass is 10.2. The molecule has 108 valence electrons. The minimum absolute atomic E-state index is 0.0882. The molecule has 1 rings (SSSR count). The number of amides is 1. The van der Waals surface area contributed by atoms with E-state index >= 15 is 0 Å². The average Bonchev–Trinajstić information content (AvgIpc) is 2.58. The van der Waals surface area contributed by atoms with E-state index in [2.05, 4.69) is 10.4 Å². The van der Waals surface area contributed by atoms with Crippen molar-refractivity contribution in [2.75, 3.05) is 18.0 Å². The van der Waals surface area contributed by atoms with Crippen molar-refractivity contribution < 1.29 is 18.0 Å². The van der Waals surface area contributed by atoms with Crippen molar-refractivity contribution in [1.82, 2.24) is 15.1 Å². The SMILES string of the molecule is CCc1nn(C)c(C(=O)NCCSC(F)(F)F)c1N. The third kappa shape index (κ3) is 4.34. The maximum atomic E-state index is 11.9. The molecule has 1 heterocycles. The van der Waals surface area contributed by atoms with Gasteiger partial charge in [-0.25, -0.2) is 0 Å². The minimum atomic E-state index is -4.29. The van der Waals surface area contributed by atoms with Crippen LogP contribution >= 0.6 is 11.8 Å². The fourth-order valence-corrected chi connectivity index (χ4v) is 1.98. The largest absolute Gasteiger partial charge is 0.441 e. The Morgan fingerprint density at radius 3 is 2.63 bits per heavy atom. The van der Waals surface area contributed by atoms with Crippen LogP contribution in [0.2, 0.25) is 0 Å². The number of aryl methyl sites for hydroxylation is 2. The quantitative estimate of drug-likeness (QED) is 0.809. The number of carbonyl (C=O) groups is 1. The van der Waals surface area contributed by atoms with E-state index < -0.39 is 11.4 Å². The Labute approximate surface area is 112 Å². The van der Waals surface area contributed by atoms with Crippen molar-refractivity contribution in [2.45, 2.75) is 18.9 Å². The molecule has 0 radical (unpaired) electrons. The van der Waals surface area contributed by atoms with E-state index in [-0.39, 0.29) is 35.4 Å². The molecule has 9 heteroatoms. The van der Waals surface area contributed by atoms with Crippen LogP contribution in [0.5, 0.6) is 0 Å². The molecule has 1 aromatic heterocycles. The number of nitrogens with zero attached hydrogens (tertiary/aromatic N) is 2. The third-order valence-corrected chi connectivity index (χ3v) is 3.10. The zero-order chi connectivity index (χ0) is 14.6. The van der Waals surface area contributed by atoms with Crippen molar-refractivity contribution in [3.05, 3.63) is 11.4 Å². The number of anilines is 1. The van der Waals surface area contributed by atoms with E-state index in [1.165, 1.54) is 4.68 Å². The van der Waals surface area contributed by atoms with Gasteiger partial charge in [0.2, 0.25) is 0 Å². The van der Waals surface area contributed by atoms with Gasteiger partial charge in [0, 0.05) is 19.3 Å². The second-order valence-corrected chi connectivity index (χ2v) is 4.90. The molecule has 1 amide bonds. The lowest BCUT2D eigenvalue weighted by Crippen LogP contribution is -2.29. The Morgan fingerprint density at radius 2 is 2.16 bits per heavy atom. The molecule has 19 heavy (non-hydrogen) atoms. The number of halogens is 3. The molecule has 0 fully saturated rings.